The van der Waals surface area contributed by atoms with Crippen LogP contribution in [0.5, 0.6) is 5.75 Å². The van der Waals surface area contributed by atoms with Crippen molar-refractivity contribution in [2.24, 2.45) is 4.36 Å². The van der Waals surface area contributed by atoms with Crippen LogP contribution in [0.4, 0.5) is 13.6 Å². The van der Waals surface area contributed by atoms with E-state index < -0.39 is 39.0 Å². The molecular weight excluding hydrogens is 666 g/mol. The van der Waals surface area contributed by atoms with Crippen molar-refractivity contribution in [3.8, 4) is 22.9 Å². The minimum absolute atomic E-state index is 0.0341. The lowest BCUT2D eigenvalue weighted by Crippen LogP contribution is -2.42. The Morgan fingerprint density at radius 2 is 1.66 bits per heavy atom. The van der Waals surface area contributed by atoms with E-state index in [0.29, 0.717) is 77.0 Å². The third-order valence-corrected chi connectivity index (χ3v) is 11.9. The number of amides is 1. The summed E-state index contributed by atoms with van der Waals surface area (Å²) in [5.41, 5.74) is 1.68. The molecule has 2 aliphatic rings. The standard InChI is InChI=1S/C36H44F2N6O5S/c1-21-19-25(20-22(2)31(21)37)44-33(30-24(4)41(14-11-27(30)40-44)35(46)49-36(5,6)7)43-16-15-42(34(43)45)28-9-10-29(23(3)32(28)38)48-26-12-17-50(47,39-8)18-13-26/h9-10,15-16,19-20,24,26H,11-14,17-18H2,1-8H3/t24-,26?,50?/m0/s1. The number of nitrogens with zero attached hydrogens (tertiary/aromatic N) is 6. The molecule has 0 spiro atoms. The second kappa shape index (κ2) is 13.0. The van der Waals surface area contributed by atoms with Crippen molar-refractivity contribution >= 4 is 15.8 Å². The van der Waals surface area contributed by atoms with Crippen molar-refractivity contribution in [3.63, 3.8) is 0 Å². The van der Waals surface area contributed by atoms with Crippen molar-refractivity contribution in [1.29, 1.82) is 0 Å². The lowest BCUT2D eigenvalue weighted by atomic mass is 10.00. The quantitative estimate of drug-likeness (QED) is 0.234. The average Bonchev–Trinajstić information content (AvgIpc) is 3.63. The number of fused-ring (bicyclic) bond motifs is 1. The van der Waals surface area contributed by atoms with E-state index in [1.165, 1.54) is 27.6 Å². The fourth-order valence-electron chi connectivity index (χ4n) is 6.73. The molecule has 0 unspecified atom stereocenters. The number of aromatic nitrogens is 4. The highest BCUT2D eigenvalue weighted by Crippen LogP contribution is 2.37. The Bertz CT molecular complexity index is 2130. The van der Waals surface area contributed by atoms with Crippen LogP contribution in [0.25, 0.3) is 17.2 Å². The molecule has 0 N–H and O–H groups in total. The Morgan fingerprint density at radius 3 is 2.28 bits per heavy atom. The van der Waals surface area contributed by atoms with E-state index >= 15 is 4.39 Å². The van der Waals surface area contributed by atoms with Crippen molar-refractivity contribution in [3.05, 3.63) is 86.7 Å². The first kappa shape index (κ1) is 35.4. The maximum atomic E-state index is 16.1. The average molecular weight is 711 g/mol. The van der Waals surface area contributed by atoms with Crippen LogP contribution in [0.1, 0.15) is 74.5 Å². The Morgan fingerprint density at radius 1 is 1.02 bits per heavy atom. The Balaban J connectivity index is 1.42. The summed E-state index contributed by atoms with van der Waals surface area (Å²) in [4.78, 5) is 29.2. The first-order valence-corrected chi connectivity index (χ1v) is 18.6. The van der Waals surface area contributed by atoms with E-state index in [1.807, 2.05) is 6.92 Å². The summed E-state index contributed by atoms with van der Waals surface area (Å²) in [7, 11) is -0.632. The number of halogens is 2. The fraction of sp³-hybridized carbons (Fsp3) is 0.472. The van der Waals surface area contributed by atoms with Gasteiger partial charge in [0.2, 0.25) is 0 Å². The summed E-state index contributed by atoms with van der Waals surface area (Å²) in [6, 6.07) is 5.93. The summed E-state index contributed by atoms with van der Waals surface area (Å²) >= 11 is 0. The number of carbonyl (C=O) groups is 1. The summed E-state index contributed by atoms with van der Waals surface area (Å²) in [5.74, 6) is 0.633. The smallest absolute Gasteiger partial charge is 0.410 e. The summed E-state index contributed by atoms with van der Waals surface area (Å²) in [6.45, 7) is 12.5. The summed E-state index contributed by atoms with van der Waals surface area (Å²) in [5, 5.41) is 4.90. The van der Waals surface area contributed by atoms with Gasteiger partial charge in [0.25, 0.3) is 0 Å². The van der Waals surface area contributed by atoms with Gasteiger partial charge in [-0.15, -0.1) is 0 Å². The maximum Gasteiger partial charge on any atom is 0.410 e. The zero-order chi connectivity index (χ0) is 36.3. The van der Waals surface area contributed by atoms with Gasteiger partial charge in [-0.3, -0.25) is 9.13 Å². The molecule has 2 aromatic carbocycles. The number of ether oxygens (including phenoxy) is 2. The zero-order valence-electron chi connectivity index (χ0n) is 29.8. The monoisotopic (exact) mass is 710 g/mol. The SMILES string of the molecule is CN=S1(=O)CCC(Oc2ccc(-n3ccn(-c4c5c(nn4-c4cc(C)c(F)c(C)c4)CCN(C(=O)OC(C)(C)C)[C@H]5C)c3=O)c(F)c2C)CC1. The van der Waals surface area contributed by atoms with Crippen molar-refractivity contribution in [1.82, 2.24) is 23.8 Å². The fourth-order valence-corrected chi connectivity index (χ4v) is 8.56. The van der Waals surface area contributed by atoms with Gasteiger partial charge in [-0.2, -0.15) is 5.10 Å². The van der Waals surface area contributed by atoms with E-state index in [4.69, 9.17) is 14.6 Å². The van der Waals surface area contributed by atoms with Crippen molar-refractivity contribution in [2.45, 2.75) is 85.5 Å². The third kappa shape index (κ3) is 6.45. The van der Waals surface area contributed by atoms with Crippen LogP contribution in [0.3, 0.4) is 0 Å². The van der Waals surface area contributed by atoms with Crippen LogP contribution in [-0.4, -0.2) is 70.9 Å². The molecule has 0 saturated carbocycles. The molecule has 4 heterocycles. The van der Waals surface area contributed by atoms with Gasteiger partial charge < -0.3 is 14.4 Å². The molecular formula is C36H44F2N6O5S. The molecule has 1 fully saturated rings. The molecule has 11 nitrogen and oxygen atoms in total. The van der Waals surface area contributed by atoms with Gasteiger partial charge in [-0.05, 0) is 96.7 Å². The summed E-state index contributed by atoms with van der Waals surface area (Å²) in [6.07, 6.45) is 3.81. The number of benzene rings is 2. The van der Waals surface area contributed by atoms with Crippen LogP contribution >= 0.6 is 0 Å². The molecule has 4 aromatic rings. The molecule has 14 heteroatoms. The topological polar surface area (TPSA) is 113 Å². The van der Waals surface area contributed by atoms with Crippen molar-refractivity contribution < 1.29 is 27.3 Å². The zero-order valence-corrected chi connectivity index (χ0v) is 30.6. The maximum absolute atomic E-state index is 16.1. The van der Waals surface area contributed by atoms with Crippen LogP contribution in [0.15, 0.2) is 45.8 Å². The molecule has 1 amide bonds. The Labute approximate surface area is 291 Å². The van der Waals surface area contributed by atoms with Gasteiger partial charge in [0.05, 0.1) is 23.1 Å². The highest BCUT2D eigenvalue weighted by Gasteiger charge is 2.37. The highest BCUT2D eigenvalue weighted by atomic mass is 32.2. The number of rotatable bonds is 5. The molecule has 0 radical (unpaired) electrons. The number of imidazole rings is 1. The molecule has 1 saturated heterocycles. The Kier molecular flexibility index (Phi) is 9.21. The third-order valence-electron chi connectivity index (χ3n) is 9.47. The molecule has 0 bridgehead atoms. The van der Waals surface area contributed by atoms with Gasteiger partial charge in [0.1, 0.15) is 29.1 Å². The summed E-state index contributed by atoms with van der Waals surface area (Å²) < 4.78 is 63.5. The van der Waals surface area contributed by atoms with Gasteiger partial charge in [0.15, 0.2) is 5.82 Å². The van der Waals surface area contributed by atoms with Crippen LogP contribution < -0.4 is 10.4 Å². The van der Waals surface area contributed by atoms with Gasteiger partial charge in [-0.25, -0.2) is 31.6 Å². The molecule has 2 aliphatic heterocycles. The highest BCUT2D eigenvalue weighted by molar-refractivity contribution is 7.93. The van der Waals surface area contributed by atoms with E-state index in [9.17, 15) is 18.2 Å². The first-order chi connectivity index (χ1) is 23.5. The molecule has 6 rings (SSSR count). The predicted molar refractivity (Wildman–Crippen MR) is 188 cm³/mol. The number of hydrogen-bond acceptors (Lipinski definition) is 7. The van der Waals surface area contributed by atoms with Gasteiger partial charge in [-0.1, -0.05) is 0 Å². The lowest BCUT2D eigenvalue weighted by Gasteiger charge is -2.34. The van der Waals surface area contributed by atoms with Crippen LogP contribution in [0, 0.1) is 32.4 Å². The number of hydrogen-bond donors (Lipinski definition) is 0. The van der Waals surface area contributed by atoms with Crippen LogP contribution in [-0.2, 0) is 20.9 Å². The molecule has 268 valence electrons. The second-order valence-electron chi connectivity index (χ2n) is 14.1. The minimum atomic E-state index is -2.20. The predicted octanol–water partition coefficient (Wildman–Crippen LogP) is 6.51. The van der Waals surface area contributed by atoms with Gasteiger partial charge in [0, 0.05) is 64.8 Å². The van der Waals surface area contributed by atoms with E-state index in [-0.39, 0.29) is 23.2 Å². The first-order valence-electron chi connectivity index (χ1n) is 16.8. The molecule has 50 heavy (non-hydrogen) atoms. The molecule has 0 aliphatic carbocycles. The number of aryl methyl sites for hydroxylation is 2. The second-order valence-corrected chi connectivity index (χ2v) is 16.8. The Hall–Kier alpha value is -4.46. The van der Waals surface area contributed by atoms with E-state index in [1.54, 1.807) is 76.4 Å². The van der Waals surface area contributed by atoms with Crippen LogP contribution in [0.2, 0.25) is 0 Å². The molecule has 2 aromatic heterocycles. The van der Waals surface area contributed by atoms with Gasteiger partial charge >= 0.3 is 11.8 Å². The van der Waals surface area contributed by atoms with Crippen molar-refractivity contribution in [2.75, 3.05) is 25.1 Å². The number of carbonyl (C=O) groups excluding carboxylic acids is 1. The normalized spacial score (nSPS) is 20.8. The largest absolute Gasteiger partial charge is 0.490 e. The molecule has 1 atom stereocenters. The lowest BCUT2D eigenvalue weighted by molar-refractivity contribution is 0.0159. The van der Waals surface area contributed by atoms with E-state index in [2.05, 4.69) is 4.36 Å². The minimum Gasteiger partial charge on any atom is -0.490 e. The van der Waals surface area contributed by atoms with E-state index in [0.717, 1.165) is 0 Å².